The van der Waals surface area contributed by atoms with Crippen LogP contribution in [0.4, 0.5) is 0 Å². The van der Waals surface area contributed by atoms with Gasteiger partial charge in [-0.3, -0.25) is 0 Å². The number of hydrogen-bond donors (Lipinski definition) is 1. The Morgan fingerprint density at radius 1 is 1.40 bits per heavy atom. The van der Waals surface area contributed by atoms with Gasteiger partial charge in [0.25, 0.3) is 0 Å². The summed E-state index contributed by atoms with van der Waals surface area (Å²) >= 11 is 0. The molecule has 15 heavy (non-hydrogen) atoms. The molecule has 0 aliphatic carbocycles. The Kier molecular flexibility index (Phi) is 2.00. The maximum Gasteiger partial charge on any atom is 0.339 e. The van der Waals surface area contributed by atoms with Gasteiger partial charge in [-0.25, -0.2) is 9.78 Å². The van der Waals surface area contributed by atoms with E-state index in [1.54, 1.807) is 13.1 Å². The summed E-state index contributed by atoms with van der Waals surface area (Å²) in [5, 5.41) is 9.08. The van der Waals surface area contributed by atoms with Crippen molar-refractivity contribution < 1.29 is 9.90 Å². The van der Waals surface area contributed by atoms with Crippen LogP contribution in [0.2, 0.25) is 0 Å². The maximum atomic E-state index is 11.1. The summed E-state index contributed by atoms with van der Waals surface area (Å²) in [7, 11) is 0. The van der Waals surface area contributed by atoms with Gasteiger partial charge in [-0.2, -0.15) is 0 Å². The Hall–Kier alpha value is -1.84. The van der Waals surface area contributed by atoms with Crippen molar-refractivity contribution in [2.75, 3.05) is 0 Å². The van der Waals surface area contributed by atoms with E-state index in [1.165, 1.54) is 0 Å². The quantitative estimate of drug-likeness (QED) is 0.772. The van der Waals surface area contributed by atoms with Crippen molar-refractivity contribution in [3.63, 3.8) is 0 Å². The minimum absolute atomic E-state index is 0.293. The Balaban J connectivity index is 2.93. The lowest BCUT2D eigenvalue weighted by molar-refractivity contribution is 0.0698. The molecule has 1 N–H and O–H groups in total. The first-order chi connectivity index (χ1) is 7.00. The molecule has 0 unspecified atom stereocenters. The number of rotatable bonds is 1. The summed E-state index contributed by atoms with van der Waals surface area (Å²) in [6.45, 7) is 5.58. The van der Waals surface area contributed by atoms with Crippen molar-refractivity contribution in [2.45, 2.75) is 20.8 Å². The van der Waals surface area contributed by atoms with Crippen LogP contribution in [0.15, 0.2) is 12.3 Å². The molecule has 0 radical (unpaired) electrons. The van der Waals surface area contributed by atoms with E-state index in [0.29, 0.717) is 11.2 Å². The summed E-state index contributed by atoms with van der Waals surface area (Å²) in [6, 6.07) is 1.93. The van der Waals surface area contributed by atoms with Gasteiger partial charge >= 0.3 is 5.97 Å². The molecule has 2 heterocycles. The second-order valence-electron chi connectivity index (χ2n) is 3.72. The van der Waals surface area contributed by atoms with Gasteiger partial charge < -0.3 is 9.51 Å². The molecule has 0 aromatic carbocycles. The molecule has 0 saturated carbocycles. The fourth-order valence-corrected chi connectivity index (χ4v) is 1.83. The molecular formula is C11H12N2O2. The molecule has 0 fully saturated rings. The molecule has 0 amide bonds. The number of carboxylic acid groups (broad SMARTS) is 1. The molecule has 0 bridgehead atoms. The zero-order chi connectivity index (χ0) is 11.2. The summed E-state index contributed by atoms with van der Waals surface area (Å²) < 4.78 is 1.81. The lowest BCUT2D eigenvalue weighted by atomic mass is 10.2. The molecule has 0 spiro atoms. The van der Waals surface area contributed by atoms with Gasteiger partial charge in [0.1, 0.15) is 5.56 Å². The third kappa shape index (κ3) is 1.38. The monoisotopic (exact) mass is 204 g/mol. The first-order valence-corrected chi connectivity index (χ1v) is 4.70. The second kappa shape index (κ2) is 3.08. The summed E-state index contributed by atoms with van der Waals surface area (Å²) in [5.74, 6) is -0.924. The molecule has 0 saturated heterocycles. The first-order valence-electron chi connectivity index (χ1n) is 4.70. The maximum absolute atomic E-state index is 11.1. The molecule has 0 aliphatic rings. The molecule has 2 aromatic heterocycles. The highest BCUT2D eigenvalue weighted by Crippen LogP contribution is 2.18. The van der Waals surface area contributed by atoms with Gasteiger partial charge in [0.2, 0.25) is 0 Å². The fourth-order valence-electron chi connectivity index (χ4n) is 1.83. The predicted molar refractivity (Wildman–Crippen MR) is 56.4 cm³/mol. The van der Waals surface area contributed by atoms with Gasteiger partial charge in [-0.05, 0) is 32.4 Å². The van der Waals surface area contributed by atoms with E-state index in [1.807, 2.05) is 24.3 Å². The Bertz CT molecular complexity index is 555. The Morgan fingerprint density at radius 2 is 2.07 bits per heavy atom. The fraction of sp³-hybridized carbons (Fsp3) is 0.273. The van der Waals surface area contributed by atoms with Crippen molar-refractivity contribution in [3.05, 3.63) is 34.8 Å². The molecule has 4 nitrogen and oxygen atoms in total. The average molecular weight is 204 g/mol. The van der Waals surface area contributed by atoms with Crippen LogP contribution in [0.25, 0.3) is 5.65 Å². The number of aromatic carboxylic acids is 1. The van der Waals surface area contributed by atoms with Crippen molar-refractivity contribution in [2.24, 2.45) is 0 Å². The smallest absolute Gasteiger partial charge is 0.339 e. The topological polar surface area (TPSA) is 54.6 Å². The number of aryl methyl sites for hydroxylation is 3. The first kappa shape index (κ1) is 9.71. The zero-order valence-electron chi connectivity index (χ0n) is 8.90. The Labute approximate surface area is 87.2 Å². The van der Waals surface area contributed by atoms with Gasteiger partial charge in [-0.15, -0.1) is 0 Å². The molecule has 0 aliphatic heterocycles. The van der Waals surface area contributed by atoms with E-state index in [0.717, 1.165) is 17.0 Å². The lowest BCUT2D eigenvalue weighted by Crippen LogP contribution is -2.01. The third-order valence-corrected chi connectivity index (χ3v) is 2.46. The predicted octanol–water partition coefficient (Wildman–Crippen LogP) is 1.96. The number of carboxylic acids is 1. The highest BCUT2D eigenvalue weighted by atomic mass is 16.4. The zero-order valence-corrected chi connectivity index (χ0v) is 8.90. The molecule has 78 valence electrons. The van der Waals surface area contributed by atoms with Crippen LogP contribution in [0.3, 0.4) is 0 Å². The van der Waals surface area contributed by atoms with Crippen molar-refractivity contribution in [3.8, 4) is 0 Å². The van der Waals surface area contributed by atoms with Crippen molar-refractivity contribution >= 4 is 11.6 Å². The van der Waals surface area contributed by atoms with Gasteiger partial charge in [0, 0.05) is 17.6 Å². The highest BCUT2D eigenvalue weighted by molar-refractivity contribution is 5.96. The number of aromatic nitrogens is 2. The van der Waals surface area contributed by atoms with Crippen LogP contribution < -0.4 is 0 Å². The van der Waals surface area contributed by atoms with Crippen LogP contribution in [-0.4, -0.2) is 20.5 Å². The van der Waals surface area contributed by atoms with Crippen LogP contribution in [0, 0.1) is 20.8 Å². The number of carbonyl (C=O) groups is 1. The van der Waals surface area contributed by atoms with E-state index in [-0.39, 0.29) is 0 Å². The van der Waals surface area contributed by atoms with E-state index in [9.17, 15) is 4.79 Å². The van der Waals surface area contributed by atoms with E-state index >= 15 is 0 Å². The minimum Gasteiger partial charge on any atom is -0.478 e. The summed E-state index contributed by atoms with van der Waals surface area (Å²) in [6.07, 6.45) is 1.81. The number of fused-ring (bicyclic) bond motifs is 1. The van der Waals surface area contributed by atoms with E-state index < -0.39 is 5.97 Å². The van der Waals surface area contributed by atoms with E-state index in [2.05, 4.69) is 4.98 Å². The minimum atomic E-state index is -0.924. The molecular weight excluding hydrogens is 192 g/mol. The number of hydrogen-bond acceptors (Lipinski definition) is 2. The highest BCUT2D eigenvalue weighted by Gasteiger charge is 2.16. The van der Waals surface area contributed by atoms with Gasteiger partial charge in [0.05, 0.1) is 0 Å². The second-order valence-corrected chi connectivity index (χ2v) is 3.72. The van der Waals surface area contributed by atoms with Crippen LogP contribution >= 0.6 is 0 Å². The molecule has 4 heteroatoms. The average Bonchev–Trinajstić information content (AvgIpc) is 2.41. The van der Waals surface area contributed by atoms with Crippen molar-refractivity contribution in [1.29, 1.82) is 0 Å². The third-order valence-electron chi connectivity index (χ3n) is 2.46. The summed E-state index contributed by atoms with van der Waals surface area (Å²) in [5.41, 5.74) is 3.39. The lowest BCUT2D eigenvalue weighted by Gasteiger charge is -2.02. The van der Waals surface area contributed by atoms with Crippen LogP contribution in [0.5, 0.6) is 0 Å². The normalized spacial score (nSPS) is 10.9. The molecule has 0 atom stereocenters. The van der Waals surface area contributed by atoms with E-state index in [4.69, 9.17) is 5.11 Å². The summed E-state index contributed by atoms with van der Waals surface area (Å²) in [4.78, 5) is 15.3. The van der Waals surface area contributed by atoms with Crippen LogP contribution in [0.1, 0.15) is 27.3 Å². The molecule has 2 aromatic rings. The standard InChI is InChI=1S/C11H12N2O2/c1-6-5-13-8(3)4-7(2)12-10(13)9(6)11(14)15/h4-5H,1-3H3,(H,14,15). The van der Waals surface area contributed by atoms with Gasteiger partial charge in [0.15, 0.2) is 5.65 Å². The Morgan fingerprint density at radius 3 is 2.67 bits per heavy atom. The molecule has 2 rings (SSSR count). The van der Waals surface area contributed by atoms with Gasteiger partial charge in [-0.1, -0.05) is 0 Å². The van der Waals surface area contributed by atoms with Crippen LogP contribution in [-0.2, 0) is 0 Å². The van der Waals surface area contributed by atoms with Crippen molar-refractivity contribution in [1.82, 2.24) is 9.38 Å². The SMILES string of the molecule is Cc1cc(C)n2cc(C)c(C(=O)O)c2n1. The largest absolute Gasteiger partial charge is 0.478 e. The number of nitrogens with zero attached hydrogens (tertiary/aromatic N) is 2.